The van der Waals surface area contributed by atoms with Gasteiger partial charge in [0.05, 0.1) is 57.4 Å². The number of allylic oxidation sites excluding steroid dienone is 2. The van der Waals surface area contributed by atoms with Crippen LogP contribution in [0.5, 0.6) is 0 Å². The first-order valence-corrected chi connectivity index (χ1v) is 17.2. The van der Waals surface area contributed by atoms with Crippen LogP contribution in [0.3, 0.4) is 0 Å². The van der Waals surface area contributed by atoms with Gasteiger partial charge in [-0.05, 0) is 74.8 Å². The predicted molar refractivity (Wildman–Crippen MR) is 183 cm³/mol. The number of aliphatic hydroxyl groups excluding tert-OH is 3. The molecule has 0 aromatic carbocycles. The third kappa shape index (κ3) is 5.17. The van der Waals surface area contributed by atoms with Gasteiger partial charge < -0.3 is 24.8 Å². The molecule has 0 saturated heterocycles. The first-order valence-electron chi connectivity index (χ1n) is 16.7. The number of aliphatic hydroxyl groups is 3. The fraction of sp³-hybridized carbons (Fsp3) is 0.818. The normalized spacial score (nSPS) is 49.2. The maximum Gasteiger partial charge on any atom is 0.333 e. The monoisotopic (exact) mass is 640 g/mol. The summed E-state index contributed by atoms with van der Waals surface area (Å²) >= 11 is 4.81. The molecule has 0 heterocycles. The highest BCUT2D eigenvalue weighted by molar-refractivity contribution is 7.83. The number of fused-ring (bicyclic) bond motifs is 7. The largest absolute Gasteiger partial charge is 0.465 e. The minimum absolute atomic E-state index is 0.0452. The molecule has 3 N–H and O–H groups in total. The van der Waals surface area contributed by atoms with Gasteiger partial charge in [-0.25, -0.2) is 4.79 Å². The van der Waals surface area contributed by atoms with E-state index in [0.717, 1.165) is 0 Å². The number of carbonyl (C=O) groups excluding carboxylic acids is 2. The van der Waals surface area contributed by atoms with Crippen LogP contribution < -0.4 is 0 Å². The molecule has 240 valence electrons. The Bertz CT molecular complexity index is 1300. The van der Waals surface area contributed by atoms with Gasteiger partial charge in [-0.1, -0.05) is 61.5 Å². The van der Waals surface area contributed by atoms with E-state index < -0.39 is 80.0 Å². The van der Waals surface area contributed by atoms with E-state index >= 15 is 0 Å². The molecule has 10 radical (unpaired) electrons. The number of hydrogen-bond acceptors (Lipinski definition) is 8. The Morgan fingerprint density at radius 2 is 1.78 bits per heavy atom. The summed E-state index contributed by atoms with van der Waals surface area (Å²) in [5, 5.41) is 31.4. The molecule has 4 fully saturated rings. The van der Waals surface area contributed by atoms with Crippen LogP contribution in [0.1, 0.15) is 79.1 Å². The Labute approximate surface area is 286 Å². The van der Waals surface area contributed by atoms with Gasteiger partial charge >= 0.3 is 11.9 Å². The van der Waals surface area contributed by atoms with Gasteiger partial charge in [0.2, 0.25) is 0 Å². The van der Waals surface area contributed by atoms with Crippen LogP contribution in [0.15, 0.2) is 23.3 Å². The fourth-order valence-corrected chi connectivity index (χ4v) is 10.0. The maximum atomic E-state index is 13.0. The second-order valence-electron chi connectivity index (χ2n) is 15.2. The molecule has 0 spiro atoms. The van der Waals surface area contributed by atoms with E-state index in [2.05, 4.69) is 0 Å². The molecule has 0 bridgehead atoms. The molecule has 0 aliphatic heterocycles. The van der Waals surface area contributed by atoms with Crippen LogP contribution in [-0.4, -0.2) is 102 Å². The highest BCUT2D eigenvalue weighted by atomic mass is 32.1. The molecule has 4 unspecified atom stereocenters. The van der Waals surface area contributed by atoms with Crippen LogP contribution in [0.25, 0.3) is 0 Å². The van der Waals surface area contributed by atoms with Gasteiger partial charge in [0.15, 0.2) is 0 Å². The van der Waals surface area contributed by atoms with Crippen LogP contribution in [0, 0.1) is 29.1 Å². The summed E-state index contributed by atoms with van der Waals surface area (Å²) in [7, 11) is 35.3. The number of rotatable bonds is 6. The van der Waals surface area contributed by atoms with Crippen molar-refractivity contribution < 1.29 is 34.4 Å². The lowest BCUT2D eigenvalue weighted by Crippen LogP contribution is -2.70. The van der Waals surface area contributed by atoms with Crippen LogP contribution >= 0.6 is 12.6 Å². The lowest BCUT2D eigenvalue weighted by atomic mass is 9.22. The molecular formula is C33H45B5O7S. The van der Waals surface area contributed by atoms with Gasteiger partial charge in [0.25, 0.3) is 0 Å². The number of ether oxygens (including phenoxy) is 2. The molecule has 0 aromatic heterocycles. The Balaban J connectivity index is 1.61. The van der Waals surface area contributed by atoms with Crippen molar-refractivity contribution in [3.8, 4) is 0 Å². The first-order chi connectivity index (χ1) is 21.4. The molecule has 14 atom stereocenters. The topological polar surface area (TPSA) is 113 Å². The number of esters is 2. The zero-order chi connectivity index (χ0) is 34.2. The molecule has 5 aliphatic carbocycles. The summed E-state index contributed by atoms with van der Waals surface area (Å²) in [5.74, 6) is -3.15. The quantitative estimate of drug-likeness (QED) is 0.116. The average Bonchev–Trinajstić information content (AvgIpc) is 3.01. The molecule has 7 nitrogen and oxygen atoms in total. The molecule has 0 aromatic rings. The van der Waals surface area contributed by atoms with Gasteiger partial charge in [-0.15, -0.1) is 0 Å². The molecule has 4 saturated carbocycles. The molecular weight excluding hydrogens is 594 g/mol. The zero-order valence-electron chi connectivity index (χ0n) is 27.5. The average molecular weight is 640 g/mol. The highest BCUT2D eigenvalue weighted by Gasteiger charge is 2.72. The van der Waals surface area contributed by atoms with Crippen molar-refractivity contribution in [2.24, 2.45) is 29.1 Å². The number of carbonyl (C=O) groups is 2. The molecule has 13 heteroatoms. The van der Waals surface area contributed by atoms with Gasteiger partial charge in [-0.2, -0.15) is 12.6 Å². The van der Waals surface area contributed by atoms with E-state index in [0.29, 0.717) is 49.7 Å². The van der Waals surface area contributed by atoms with E-state index in [1.54, 1.807) is 26.8 Å². The Morgan fingerprint density at radius 1 is 1.11 bits per heavy atom. The van der Waals surface area contributed by atoms with E-state index in [-0.39, 0.29) is 31.3 Å². The van der Waals surface area contributed by atoms with Crippen molar-refractivity contribution in [1.29, 1.82) is 0 Å². The van der Waals surface area contributed by atoms with Crippen molar-refractivity contribution in [3.05, 3.63) is 23.3 Å². The Hall–Kier alpha value is -1.03. The molecule has 0 amide bonds. The Kier molecular flexibility index (Phi) is 9.76. The predicted octanol–water partition coefficient (Wildman–Crippen LogP) is 2.83. The maximum absolute atomic E-state index is 13.0. The summed E-state index contributed by atoms with van der Waals surface area (Å²) in [5.41, 5.74) is -0.333. The van der Waals surface area contributed by atoms with Crippen molar-refractivity contribution in [1.82, 2.24) is 0 Å². The van der Waals surface area contributed by atoms with E-state index in [1.807, 2.05) is 13.0 Å². The fourth-order valence-electron chi connectivity index (χ4n) is 9.71. The molecule has 46 heavy (non-hydrogen) atoms. The minimum Gasteiger partial charge on any atom is -0.465 e. The van der Waals surface area contributed by atoms with Crippen molar-refractivity contribution in [2.75, 3.05) is 6.61 Å². The van der Waals surface area contributed by atoms with Gasteiger partial charge in [0.1, 0.15) is 12.7 Å². The van der Waals surface area contributed by atoms with E-state index in [4.69, 9.17) is 61.3 Å². The van der Waals surface area contributed by atoms with Crippen molar-refractivity contribution in [3.63, 3.8) is 0 Å². The summed E-state index contributed by atoms with van der Waals surface area (Å²) in [6, 6.07) is 0. The standard InChI is InChI=1S/C33H45B5O7S/c1-5-16(3)27(42)44-15-29-14-23(45-28(43)17(4)6-2)32(37,46)13-20(29)18-7-8-22-30(35)11-10-21(39)24(34)19(30)9-12-31(22,36)33(18,38)26(41)25(29)40/h6-7,16,19-26,39-41,46H,5,8-15H2,1-4H3/b17-6-/t16?,19?,20?,21-,22?,23-,24+,25+,26-,29+,30+,31-,32+,33+/m0/s1. The SMILES string of the molecule is [B][C@@H]1C2CC[C@]3([B])C(CC=C4C5C[C@@]([B])(S)[C@@H](OC(=O)/C(C)=C\C)C[C@]5(COC(=O)C(C)CC)[C@H](O)[C@H](O)[C@]43[B])[C@@]2([B])CC[C@@H]1O. The van der Waals surface area contributed by atoms with Gasteiger partial charge in [0, 0.05) is 21.7 Å². The first kappa shape index (κ1) is 36.3. The van der Waals surface area contributed by atoms with Crippen molar-refractivity contribution >= 4 is 63.8 Å². The highest BCUT2D eigenvalue weighted by Crippen LogP contribution is 2.80. The summed E-state index contributed by atoms with van der Waals surface area (Å²) in [4.78, 5) is 25.9. The van der Waals surface area contributed by atoms with Crippen LogP contribution in [-0.2, 0) is 19.1 Å². The van der Waals surface area contributed by atoms with Gasteiger partial charge in [-0.3, -0.25) is 4.79 Å². The van der Waals surface area contributed by atoms with E-state index in [1.165, 1.54) is 0 Å². The second-order valence-corrected chi connectivity index (χ2v) is 16.0. The lowest BCUT2D eigenvalue weighted by Gasteiger charge is -2.73. The number of thiol groups is 1. The summed E-state index contributed by atoms with van der Waals surface area (Å²) < 4.78 is 10.4. The zero-order valence-corrected chi connectivity index (χ0v) is 28.4. The lowest BCUT2D eigenvalue weighted by molar-refractivity contribution is -0.199. The third-order valence-corrected chi connectivity index (χ3v) is 13.5. The van der Waals surface area contributed by atoms with Crippen molar-refractivity contribution in [2.45, 2.75) is 130 Å². The molecule has 5 rings (SSSR count). The molecule has 5 aliphatic rings. The Morgan fingerprint density at radius 3 is 2.41 bits per heavy atom. The van der Waals surface area contributed by atoms with E-state index in [9.17, 15) is 24.9 Å². The number of hydrogen-bond donors (Lipinski definition) is 4. The van der Waals surface area contributed by atoms with Crippen LogP contribution in [0.2, 0.25) is 21.8 Å². The summed E-state index contributed by atoms with van der Waals surface area (Å²) in [6.45, 7) is 6.72. The summed E-state index contributed by atoms with van der Waals surface area (Å²) in [6.07, 6.45) is 1.61. The smallest absolute Gasteiger partial charge is 0.333 e. The third-order valence-electron chi connectivity index (χ3n) is 13.0. The minimum atomic E-state index is -1.63. The second kappa shape index (κ2) is 12.4. The van der Waals surface area contributed by atoms with Crippen LogP contribution in [0.4, 0.5) is 0 Å².